The Balaban J connectivity index is 2.37. The monoisotopic (exact) mass is 300 g/mol. The molecule has 1 aromatic carbocycles. The van der Waals surface area contributed by atoms with Crippen LogP contribution in [-0.4, -0.2) is 28.5 Å². The Labute approximate surface area is 121 Å². The van der Waals surface area contributed by atoms with Crippen LogP contribution in [-0.2, 0) is 22.5 Å². The highest BCUT2D eigenvalue weighted by atomic mass is 35.5. The van der Waals surface area contributed by atoms with Crippen molar-refractivity contribution in [3.05, 3.63) is 29.0 Å². The number of ether oxygens (including phenoxy) is 1. The summed E-state index contributed by atoms with van der Waals surface area (Å²) in [6.07, 6.45) is 0.953. The Morgan fingerprint density at radius 3 is 2.95 bits per heavy atom. The largest absolute Gasteiger partial charge is 0.469 e. The maximum atomic E-state index is 11.3. The van der Waals surface area contributed by atoms with E-state index in [1.807, 2.05) is 22.8 Å². The van der Waals surface area contributed by atoms with E-state index >= 15 is 0 Å². The Bertz CT molecular complexity index is 596. The highest BCUT2D eigenvalue weighted by Gasteiger charge is 2.12. The van der Waals surface area contributed by atoms with Crippen molar-refractivity contribution in [1.29, 1.82) is 0 Å². The summed E-state index contributed by atoms with van der Waals surface area (Å²) in [5.74, 6) is 1.10. The standard InChI is InChI=1S/C13H14Cl2N2O2/c1-19-13(18)5-7-17-11-3-2-9(15)8-10(11)16-12(17)4-6-14/h2-3,8H,4-7H2,1H3. The minimum atomic E-state index is -0.243. The van der Waals surface area contributed by atoms with E-state index in [4.69, 9.17) is 23.2 Å². The number of esters is 1. The van der Waals surface area contributed by atoms with Gasteiger partial charge in [-0.1, -0.05) is 11.6 Å². The summed E-state index contributed by atoms with van der Waals surface area (Å²) in [5.41, 5.74) is 1.77. The molecule has 19 heavy (non-hydrogen) atoms. The number of halogens is 2. The van der Waals surface area contributed by atoms with Gasteiger partial charge in [-0.15, -0.1) is 11.6 Å². The van der Waals surface area contributed by atoms with E-state index < -0.39 is 0 Å². The molecule has 2 aromatic rings. The number of fused-ring (bicyclic) bond motifs is 1. The molecule has 6 heteroatoms. The Hall–Kier alpha value is -1.26. The van der Waals surface area contributed by atoms with E-state index in [1.165, 1.54) is 7.11 Å². The molecule has 0 unspecified atom stereocenters. The molecule has 0 aliphatic rings. The fourth-order valence-electron chi connectivity index (χ4n) is 1.98. The van der Waals surface area contributed by atoms with Gasteiger partial charge >= 0.3 is 5.97 Å². The zero-order valence-corrected chi connectivity index (χ0v) is 12.0. The average molecular weight is 301 g/mol. The molecule has 1 heterocycles. The maximum Gasteiger partial charge on any atom is 0.307 e. The molecule has 0 N–H and O–H groups in total. The molecule has 4 nitrogen and oxygen atoms in total. The Morgan fingerprint density at radius 2 is 2.26 bits per heavy atom. The summed E-state index contributed by atoms with van der Waals surface area (Å²) >= 11 is 11.7. The van der Waals surface area contributed by atoms with E-state index in [2.05, 4.69) is 9.72 Å². The number of nitrogens with zero attached hydrogens (tertiary/aromatic N) is 2. The van der Waals surface area contributed by atoms with Gasteiger partial charge in [-0.3, -0.25) is 4.79 Å². The van der Waals surface area contributed by atoms with E-state index in [-0.39, 0.29) is 5.97 Å². The number of methoxy groups -OCH3 is 1. The Kier molecular flexibility index (Phi) is 4.66. The lowest BCUT2D eigenvalue weighted by atomic mass is 10.3. The quantitative estimate of drug-likeness (QED) is 0.630. The molecule has 0 bridgehead atoms. The fraction of sp³-hybridized carbons (Fsp3) is 0.385. The van der Waals surface area contributed by atoms with E-state index in [1.54, 1.807) is 0 Å². The van der Waals surface area contributed by atoms with Crippen molar-refractivity contribution in [2.45, 2.75) is 19.4 Å². The summed E-state index contributed by atoms with van der Waals surface area (Å²) in [7, 11) is 1.38. The van der Waals surface area contributed by atoms with E-state index in [9.17, 15) is 4.79 Å². The third kappa shape index (κ3) is 3.19. The highest BCUT2D eigenvalue weighted by molar-refractivity contribution is 6.31. The molecular formula is C13H14Cl2N2O2. The van der Waals surface area contributed by atoms with Gasteiger partial charge in [-0.05, 0) is 18.2 Å². The molecule has 1 aromatic heterocycles. The van der Waals surface area contributed by atoms with Crippen LogP contribution in [0, 0.1) is 0 Å². The number of benzene rings is 1. The topological polar surface area (TPSA) is 44.1 Å². The van der Waals surface area contributed by atoms with Crippen LogP contribution in [0.5, 0.6) is 0 Å². The fourth-order valence-corrected chi connectivity index (χ4v) is 2.32. The van der Waals surface area contributed by atoms with Crippen LogP contribution >= 0.6 is 23.2 Å². The van der Waals surface area contributed by atoms with Crippen LogP contribution in [0.4, 0.5) is 0 Å². The predicted molar refractivity (Wildman–Crippen MR) is 75.8 cm³/mol. The second-order valence-corrected chi connectivity index (χ2v) is 4.89. The summed E-state index contributed by atoms with van der Waals surface area (Å²) in [6, 6.07) is 5.52. The van der Waals surface area contributed by atoms with Gasteiger partial charge in [0, 0.05) is 23.9 Å². The van der Waals surface area contributed by atoms with Gasteiger partial charge in [-0.2, -0.15) is 0 Å². The maximum absolute atomic E-state index is 11.3. The second-order valence-electron chi connectivity index (χ2n) is 4.08. The smallest absolute Gasteiger partial charge is 0.307 e. The summed E-state index contributed by atoms with van der Waals surface area (Å²) < 4.78 is 6.65. The number of hydrogen-bond donors (Lipinski definition) is 0. The molecule has 0 fully saturated rings. The summed E-state index contributed by atoms with van der Waals surface area (Å²) in [4.78, 5) is 15.8. The third-order valence-corrected chi connectivity index (χ3v) is 3.30. The van der Waals surface area contributed by atoms with Crippen LogP contribution in [0.2, 0.25) is 5.02 Å². The van der Waals surface area contributed by atoms with Crippen molar-refractivity contribution < 1.29 is 9.53 Å². The number of aromatic nitrogens is 2. The first kappa shape index (κ1) is 14.2. The van der Waals surface area contributed by atoms with Gasteiger partial charge in [0.15, 0.2) is 0 Å². The summed E-state index contributed by atoms with van der Waals surface area (Å²) in [6.45, 7) is 0.525. The van der Waals surface area contributed by atoms with Gasteiger partial charge in [0.2, 0.25) is 0 Å². The normalized spacial score (nSPS) is 10.9. The molecule has 0 atom stereocenters. The molecule has 0 saturated heterocycles. The van der Waals surface area contributed by atoms with Crippen molar-refractivity contribution in [1.82, 2.24) is 9.55 Å². The number of carbonyl (C=O) groups excluding carboxylic acids is 1. The number of carbonyl (C=O) groups is 1. The van der Waals surface area contributed by atoms with E-state index in [0.29, 0.717) is 30.3 Å². The minimum absolute atomic E-state index is 0.243. The van der Waals surface area contributed by atoms with Gasteiger partial charge in [0.1, 0.15) is 5.82 Å². The lowest BCUT2D eigenvalue weighted by molar-refractivity contribution is -0.140. The van der Waals surface area contributed by atoms with Gasteiger partial charge in [-0.25, -0.2) is 4.98 Å². The molecular weight excluding hydrogens is 287 g/mol. The van der Waals surface area contributed by atoms with Gasteiger partial charge in [0.25, 0.3) is 0 Å². The first-order valence-corrected chi connectivity index (χ1v) is 6.84. The lowest BCUT2D eigenvalue weighted by Gasteiger charge is -2.07. The average Bonchev–Trinajstić information content (AvgIpc) is 2.73. The molecule has 102 valence electrons. The van der Waals surface area contributed by atoms with Crippen molar-refractivity contribution in [3.63, 3.8) is 0 Å². The molecule has 0 spiro atoms. The van der Waals surface area contributed by atoms with Gasteiger partial charge in [0.05, 0.1) is 24.6 Å². The minimum Gasteiger partial charge on any atom is -0.469 e. The highest BCUT2D eigenvalue weighted by Crippen LogP contribution is 2.21. The van der Waals surface area contributed by atoms with Crippen molar-refractivity contribution in [2.24, 2.45) is 0 Å². The van der Waals surface area contributed by atoms with Crippen LogP contribution in [0.15, 0.2) is 18.2 Å². The molecule has 0 aliphatic heterocycles. The van der Waals surface area contributed by atoms with Gasteiger partial charge < -0.3 is 9.30 Å². The zero-order chi connectivity index (χ0) is 13.8. The summed E-state index contributed by atoms with van der Waals surface area (Å²) in [5, 5.41) is 0.641. The van der Waals surface area contributed by atoms with Crippen LogP contribution in [0.3, 0.4) is 0 Å². The zero-order valence-electron chi connectivity index (χ0n) is 10.5. The SMILES string of the molecule is COC(=O)CCn1c(CCCl)nc2cc(Cl)ccc21. The van der Waals surface area contributed by atoms with Crippen molar-refractivity contribution in [3.8, 4) is 0 Å². The first-order chi connectivity index (χ1) is 9.15. The molecule has 0 saturated carbocycles. The number of aryl methyl sites for hydroxylation is 2. The predicted octanol–water partition coefficient (Wildman–Crippen LogP) is 3.03. The second kappa shape index (κ2) is 6.26. The Morgan fingerprint density at radius 1 is 1.47 bits per heavy atom. The number of rotatable bonds is 5. The molecule has 2 rings (SSSR count). The first-order valence-electron chi connectivity index (χ1n) is 5.93. The number of imidazole rings is 1. The lowest BCUT2D eigenvalue weighted by Crippen LogP contribution is -2.10. The third-order valence-electron chi connectivity index (χ3n) is 2.87. The van der Waals surface area contributed by atoms with Crippen molar-refractivity contribution >= 4 is 40.2 Å². The number of hydrogen-bond acceptors (Lipinski definition) is 3. The van der Waals surface area contributed by atoms with E-state index in [0.717, 1.165) is 16.9 Å². The molecule has 0 radical (unpaired) electrons. The van der Waals surface area contributed by atoms with Crippen LogP contribution in [0.25, 0.3) is 11.0 Å². The molecule has 0 amide bonds. The molecule has 0 aliphatic carbocycles. The van der Waals surface area contributed by atoms with Crippen molar-refractivity contribution in [2.75, 3.05) is 13.0 Å². The van der Waals surface area contributed by atoms with Crippen LogP contribution in [0.1, 0.15) is 12.2 Å². The van der Waals surface area contributed by atoms with Crippen LogP contribution < -0.4 is 0 Å². The number of alkyl halides is 1.